The zero-order valence-electron chi connectivity index (χ0n) is 10.6. The molecule has 1 aliphatic carbocycles. The number of rotatable bonds is 3. The molecule has 0 saturated heterocycles. The highest BCUT2D eigenvalue weighted by Crippen LogP contribution is 2.28. The zero-order valence-corrected chi connectivity index (χ0v) is 12.2. The van der Waals surface area contributed by atoms with Gasteiger partial charge in [-0.15, -0.1) is 20.4 Å². The maximum atomic E-state index is 5.74. The van der Waals surface area contributed by atoms with Crippen molar-refractivity contribution in [2.24, 2.45) is 0 Å². The van der Waals surface area contributed by atoms with E-state index >= 15 is 0 Å². The van der Waals surface area contributed by atoms with Crippen LogP contribution in [-0.4, -0.2) is 26.4 Å². The number of allylic oxidation sites excluding steroid dienone is 1. The first-order valence-corrected chi connectivity index (χ1v) is 7.44. The molecule has 1 unspecified atom stereocenters. The summed E-state index contributed by atoms with van der Waals surface area (Å²) in [5.74, 6) is 0. The Bertz CT molecular complexity index is 623. The largest absolute Gasteiger partial charge is 0.374 e. The molecule has 1 atom stereocenters. The molecule has 0 saturated carbocycles. The van der Waals surface area contributed by atoms with Gasteiger partial charge < -0.3 is 11.1 Å². The van der Waals surface area contributed by atoms with E-state index < -0.39 is 0 Å². The molecule has 6 nitrogen and oxygen atoms in total. The van der Waals surface area contributed by atoms with Crippen LogP contribution in [0.1, 0.15) is 25.0 Å². The van der Waals surface area contributed by atoms with Crippen LogP contribution in [-0.2, 0) is 0 Å². The van der Waals surface area contributed by atoms with Crippen LogP contribution in [0.25, 0.3) is 5.57 Å². The first-order chi connectivity index (χ1) is 9.70. The molecule has 3 rings (SSSR count). The monoisotopic (exact) mass is 308 g/mol. The molecule has 0 aromatic carbocycles. The summed E-state index contributed by atoms with van der Waals surface area (Å²) in [6.07, 6.45) is 5.06. The number of nitrogens with zero attached hydrogens (tertiary/aromatic N) is 4. The molecule has 0 fully saturated rings. The molecule has 1 aliphatic rings. The third-order valence-electron chi connectivity index (χ3n) is 3.14. The fraction of sp³-hybridized carbons (Fsp3) is 0.333. The van der Waals surface area contributed by atoms with E-state index in [0.29, 0.717) is 16.3 Å². The Balaban J connectivity index is 1.64. The molecule has 2 aromatic heterocycles. The second-order valence-electron chi connectivity index (χ2n) is 4.53. The number of halogens is 1. The summed E-state index contributed by atoms with van der Waals surface area (Å²) in [6, 6.07) is 4.02. The van der Waals surface area contributed by atoms with E-state index in [0.717, 1.165) is 30.1 Å². The van der Waals surface area contributed by atoms with Crippen molar-refractivity contribution in [3.63, 3.8) is 0 Å². The lowest BCUT2D eigenvalue weighted by molar-refractivity contribution is 0.650. The van der Waals surface area contributed by atoms with Crippen LogP contribution in [0.3, 0.4) is 0 Å². The highest BCUT2D eigenvalue weighted by Gasteiger charge is 2.17. The highest BCUT2D eigenvalue weighted by molar-refractivity contribution is 7.18. The number of nitrogens with two attached hydrogens (primary N) is 1. The standard InChI is InChI=1S/C12H13ClN6S/c13-10-6-5-9(16-17-10)7-1-3-8(4-2-7)15-12-19-18-11(14)20-12/h1,5-6,8H,2-4H2,(H2,14,18)(H,15,19). The number of hydrogen-bond donors (Lipinski definition) is 2. The Hall–Kier alpha value is -1.73. The lowest BCUT2D eigenvalue weighted by Crippen LogP contribution is -2.21. The third kappa shape index (κ3) is 3.05. The van der Waals surface area contributed by atoms with Gasteiger partial charge >= 0.3 is 0 Å². The van der Waals surface area contributed by atoms with E-state index in [1.165, 1.54) is 16.9 Å². The van der Waals surface area contributed by atoms with Crippen molar-refractivity contribution >= 4 is 38.8 Å². The molecule has 0 bridgehead atoms. The van der Waals surface area contributed by atoms with Crippen LogP contribution in [0.2, 0.25) is 5.15 Å². The molecular formula is C12H13ClN6S. The van der Waals surface area contributed by atoms with Crippen molar-refractivity contribution < 1.29 is 0 Å². The molecule has 8 heteroatoms. The smallest absolute Gasteiger partial charge is 0.207 e. The van der Waals surface area contributed by atoms with E-state index in [9.17, 15) is 0 Å². The van der Waals surface area contributed by atoms with Crippen molar-refractivity contribution in [1.82, 2.24) is 20.4 Å². The maximum Gasteiger partial charge on any atom is 0.207 e. The molecule has 0 aliphatic heterocycles. The molecule has 0 spiro atoms. The molecule has 3 N–H and O–H groups in total. The average molecular weight is 309 g/mol. The number of anilines is 2. The van der Waals surface area contributed by atoms with Crippen LogP contribution in [0.5, 0.6) is 0 Å². The molecule has 2 aromatic rings. The topological polar surface area (TPSA) is 89.6 Å². The van der Waals surface area contributed by atoms with Gasteiger partial charge in [0, 0.05) is 6.04 Å². The molecule has 2 heterocycles. The number of aromatic nitrogens is 4. The van der Waals surface area contributed by atoms with Gasteiger partial charge in [-0.2, -0.15) is 0 Å². The first-order valence-electron chi connectivity index (χ1n) is 6.25. The molecule has 0 radical (unpaired) electrons. The summed E-state index contributed by atoms with van der Waals surface area (Å²) in [5.41, 5.74) is 7.67. The van der Waals surface area contributed by atoms with E-state index in [2.05, 4.69) is 31.8 Å². The predicted molar refractivity (Wildman–Crippen MR) is 80.6 cm³/mol. The summed E-state index contributed by atoms with van der Waals surface area (Å²) in [6.45, 7) is 0. The number of hydrogen-bond acceptors (Lipinski definition) is 7. The molecule has 104 valence electrons. The summed E-state index contributed by atoms with van der Waals surface area (Å²) in [4.78, 5) is 0. The Morgan fingerprint density at radius 3 is 2.75 bits per heavy atom. The Labute approximate surface area is 125 Å². The van der Waals surface area contributed by atoms with Gasteiger partial charge in [-0.3, -0.25) is 0 Å². The van der Waals surface area contributed by atoms with E-state index in [1.807, 2.05) is 6.07 Å². The minimum atomic E-state index is 0.353. The van der Waals surface area contributed by atoms with Gasteiger partial charge in [-0.25, -0.2) is 0 Å². The summed E-state index contributed by atoms with van der Waals surface area (Å²) >= 11 is 7.11. The third-order valence-corrected chi connectivity index (χ3v) is 4.03. The van der Waals surface area contributed by atoms with Gasteiger partial charge in [0.2, 0.25) is 10.3 Å². The molecular weight excluding hydrogens is 296 g/mol. The number of nitrogen functional groups attached to an aromatic ring is 1. The Kier molecular flexibility index (Phi) is 3.79. The van der Waals surface area contributed by atoms with Crippen molar-refractivity contribution in [2.75, 3.05) is 11.1 Å². The summed E-state index contributed by atoms with van der Waals surface area (Å²) < 4.78 is 0. The van der Waals surface area contributed by atoms with Crippen LogP contribution in [0.4, 0.5) is 10.3 Å². The van der Waals surface area contributed by atoms with Crippen molar-refractivity contribution in [1.29, 1.82) is 0 Å². The zero-order chi connectivity index (χ0) is 13.9. The average Bonchev–Trinajstić information content (AvgIpc) is 2.86. The minimum Gasteiger partial charge on any atom is -0.374 e. The van der Waals surface area contributed by atoms with E-state index in [-0.39, 0.29) is 0 Å². The lowest BCUT2D eigenvalue weighted by Gasteiger charge is -2.22. The minimum absolute atomic E-state index is 0.353. The van der Waals surface area contributed by atoms with Gasteiger partial charge in [0.15, 0.2) is 5.15 Å². The van der Waals surface area contributed by atoms with Crippen molar-refractivity contribution in [3.8, 4) is 0 Å². The highest BCUT2D eigenvalue weighted by atomic mass is 35.5. The molecule has 0 amide bonds. The fourth-order valence-corrected chi connectivity index (χ4v) is 2.84. The normalized spacial score (nSPS) is 18.6. The van der Waals surface area contributed by atoms with Crippen LogP contribution in [0.15, 0.2) is 18.2 Å². The SMILES string of the molecule is Nc1nnc(NC2CC=C(c3ccc(Cl)nn3)CC2)s1. The Morgan fingerprint density at radius 1 is 1.25 bits per heavy atom. The van der Waals surface area contributed by atoms with Crippen LogP contribution >= 0.6 is 22.9 Å². The molecule has 20 heavy (non-hydrogen) atoms. The van der Waals surface area contributed by atoms with Crippen molar-refractivity contribution in [3.05, 3.63) is 29.1 Å². The fourth-order valence-electron chi connectivity index (χ4n) is 2.15. The quantitative estimate of drug-likeness (QED) is 0.906. The van der Waals surface area contributed by atoms with Gasteiger partial charge in [0.25, 0.3) is 0 Å². The van der Waals surface area contributed by atoms with E-state index in [1.54, 1.807) is 6.07 Å². The second kappa shape index (κ2) is 5.72. The summed E-state index contributed by atoms with van der Waals surface area (Å²) in [7, 11) is 0. The van der Waals surface area contributed by atoms with Gasteiger partial charge in [-0.1, -0.05) is 29.0 Å². The maximum absolute atomic E-state index is 5.74. The van der Waals surface area contributed by atoms with Crippen LogP contribution < -0.4 is 11.1 Å². The van der Waals surface area contributed by atoms with Gasteiger partial charge in [0.1, 0.15) is 0 Å². The second-order valence-corrected chi connectivity index (χ2v) is 5.93. The first kappa shape index (κ1) is 13.3. The summed E-state index contributed by atoms with van der Waals surface area (Å²) in [5, 5.41) is 20.8. The van der Waals surface area contributed by atoms with E-state index in [4.69, 9.17) is 17.3 Å². The van der Waals surface area contributed by atoms with Gasteiger partial charge in [0.05, 0.1) is 5.69 Å². The Morgan fingerprint density at radius 2 is 2.15 bits per heavy atom. The van der Waals surface area contributed by atoms with Crippen LogP contribution in [0, 0.1) is 0 Å². The lowest BCUT2D eigenvalue weighted by atomic mass is 9.93. The predicted octanol–water partition coefficient (Wildman–Crippen LogP) is 2.61. The van der Waals surface area contributed by atoms with Gasteiger partial charge in [-0.05, 0) is 37.0 Å². The number of nitrogens with one attached hydrogen (secondary N) is 1. The van der Waals surface area contributed by atoms with Crippen molar-refractivity contribution in [2.45, 2.75) is 25.3 Å².